The van der Waals surface area contributed by atoms with E-state index in [0.717, 1.165) is 19.9 Å². The average Bonchev–Trinajstić information content (AvgIpc) is 2.57. The van der Waals surface area contributed by atoms with Gasteiger partial charge < -0.3 is 11.1 Å². The molecule has 0 aliphatic carbocycles. The molecule has 1 amide bonds. The van der Waals surface area contributed by atoms with Crippen molar-refractivity contribution in [2.24, 2.45) is 7.05 Å². The number of nitrogens with two attached hydrogens (primary N) is 1. The van der Waals surface area contributed by atoms with Gasteiger partial charge in [-0.15, -0.1) is 0 Å². The van der Waals surface area contributed by atoms with E-state index < -0.39 is 29.3 Å². The van der Waals surface area contributed by atoms with Crippen molar-refractivity contribution < 1.29 is 4.79 Å². The number of hydrogen-bond acceptors (Lipinski definition) is 6. The molecule has 0 aromatic carbocycles. The number of halogens is 1. The van der Waals surface area contributed by atoms with Gasteiger partial charge >= 0.3 is 5.69 Å². The fraction of sp³-hybridized carbons (Fsp3) is 0.357. The van der Waals surface area contributed by atoms with E-state index in [4.69, 9.17) is 17.3 Å². The third-order valence-corrected chi connectivity index (χ3v) is 3.64. The Kier molecular flexibility index (Phi) is 5.42. The Morgan fingerprint density at radius 2 is 2.00 bits per heavy atom. The summed E-state index contributed by atoms with van der Waals surface area (Å²) < 4.78 is 2.90. The summed E-state index contributed by atoms with van der Waals surface area (Å²) in [6.07, 6.45) is 0.550. The van der Waals surface area contributed by atoms with Gasteiger partial charge in [-0.3, -0.25) is 23.5 Å². The Balaban J connectivity index is 2.38. The lowest BCUT2D eigenvalue weighted by atomic mass is 10.4. The third kappa shape index (κ3) is 3.79. The molecule has 0 aliphatic rings. The summed E-state index contributed by atoms with van der Waals surface area (Å²) in [5.74, 6) is -0.885. The first-order valence-electron chi connectivity index (χ1n) is 7.39. The molecule has 2 rings (SSSR count). The second kappa shape index (κ2) is 7.34. The van der Waals surface area contributed by atoms with E-state index in [1.165, 1.54) is 13.1 Å². The van der Waals surface area contributed by atoms with E-state index in [9.17, 15) is 19.2 Å². The quantitative estimate of drug-likeness (QED) is 0.722. The van der Waals surface area contributed by atoms with Crippen LogP contribution in [0.25, 0.3) is 0 Å². The molecule has 0 unspecified atom stereocenters. The predicted octanol–water partition coefficient (Wildman–Crippen LogP) is -0.612. The van der Waals surface area contributed by atoms with E-state index in [0.29, 0.717) is 6.42 Å². The predicted molar refractivity (Wildman–Crippen MR) is 92.8 cm³/mol. The largest absolute Gasteiger partial charge is 0.383 e. The lowest BCUT2D eigenvalue weighted by molar-refractivity contribution is -0.117. The number of nitrogens with zero attached hydrogens (tertiary/aromatic N) is 4. The summed E-state index contributed by atoms with van der Waals surface area (Å²) in [4.78, 5) is 48.3. The van der Waals surface area contributed by atoms with Gasteiger partial charge in [-0.05, 0) is 12.5 Å². The second-order valence-corrected chi connectivity index (χ2v) is 5.65. The monoisotopic (exact) mass is 368 g/mol. The molecule has 11 heteroatoms. The summed E-state index contributed by atoms with van der Waals surface area (Å²) in [5.41, 5.74) is 3.74. The summed E-state index contributed by atoms with van der Waals surface area (Å²) in [6.45, 7) is 1.52. The number of rotatable bonds is 5. The van der Waals surface area contributed by atoms with E-state index >= 15 is 0 Å². The zero-order chi connectivity index (χ0) is 18.7. The Morgan fingerprint density at radius 3 is 2.64 bits per heavy atom. The highest BCUT2D eigenvalue weighted by molar-refractivity contribution is 6.29. The number of carbonyl (C=O) groups excluding carboxylic acids is 1. The van der Waals surface area contributed by atoms with Gasteiger partial charge in [0.15, 0.2) is 0 Å². The van der Waals surface area contributed by atoms with E-state index in [2.05, 4.69) is 10.4 Å². The van der Waals surface area contributed by atoms with Gasteiger partial charge in [-0.2, -0.15) is 5.10 Å². The first-order chi connectivity index (χ1) is 11.8. The van der Waals surface area contributed by atoms with Crippen LogP contribution in [0.5, 0.6) is 0 Å². The molecule has 2 aromatic rings. The maximum Gasteiger partial charge on any atom is 0.332 e. The summed E-state index contributed by atoms with van der Waals surface area (Å²) >= 11 is 5.69. The van der Waals surface area contributed by atoms with Crippen molar-refractivity contribution in [1.82, 2.24) is 18.9 Å². The Hall–Kier alpha value is -2.88. The molecule has 0 spiro atoms. The molecule has 0 saturated carbocycles. The molecular weight excluding hydrogens is 352 g/mol. The highest BCUT2D eigenvalue weighted by Gasteiger charge is 2.17. The number of aromatic nitrogens is 4. The molecule has 0 atom stereocenters. The van der Waals surface area contributed by atoms with Crippen molar-refractivity contribution in [3.05, 3.63) is 48.5 Å². The van der Waals surface area contributed by atoms with Crippen LogP contribution in [0.2, 0.25) is 5.15 Å². The van der Waals surface area contributed by atoms with Crippen molar-refractivity contribution in [2.45, 2.75) is 26.4 Å². The topological polar surface area (TPSA) is 134 Å². The van der Waals surface area contributed by atoms with Crippen molar-refractivity contribution in [3.8, 4) is 0 Å². The van der Waals surface area contributed by atoms with Gasteiger partial charge in [-0.1, -0.05) is 18.5 Å². The minimum Gasteiger partial charge on any atom is -0.383 e. The molecule has 3 N–H and O–H groups in total. The van der Waals surface area contributed by atoms with Crippen molar-refractivity contribution in [1.29, 1.82) is 0 Å². The van der Waals surface area contributed by atoms with Crippen LogP contribution in [-0.4, -0.2) is 24.8 Å². The molecule has 2 aromatic heterocycles. The number of nitrogens with one attached hydrogen (secondary N) is 1. The van der Waals surface area contributed by atoms with Crippen LogP contribution in [0.15, 0.2) is 26.5 Å². The van der Waals surface area contributed by atoms with Crippen molar-refractivity contribution in [2.75, 3.05) is 11.1 Å². The Bertz CT molecular complexity index is 990. The highest BCUT2D eigenvalue weighted by Crippen LogP contribution is 2.09. The molecule has 0 saturated heterocycles. The number of hydrogen-bond donors (Lipinski definition) is 2. The molecule has 2 heterocycles. The van der Waals surface area contributed by atoms with Crippen molar-refractivity contribution >= 4 is 29.0 Å². The number of nitrogen functional groups attached to an aromatic ring is 1. The van der Waals surface area contributed by atoms with Gasteiger partial charge in [-0.25, -0.2) is 9.48 Å². The zero-order valence-corrected chi connectivity index (χ0v) is 14.4. The van der Waals surface area contributed by atoms with Gasteiger partial charge in [0.05, 0.1) is 0 Å². The highest BCUT2D eigenvalue weighted by atomic mass is 35.5. The van der Waals surface area contributed by atoms with Gasteiger partial charge in [0, 0.05) is 19.7 Å². The molecule has 0 radical (unpaired) electrons. The van der Waals surface area contributed by atoms with Crippen LogP contribution >= 0.6 is 11.6 Å². The smallest absolute Gasteiger partial charge is 0.332 e. The summed E-state index contributed by atoms with van der Waals surface area (Å²) in [7, 11) is 1.39. The number of amides is 1. The Morgan fingerprint density at radius 1 is 1.32 bits per heavy atom. The third-order valence-electron chi connectivity index (χ3n) is 3.43. The number of carbonyl (C=O) groups is 1. The minimum absolute atomic E-state index is 0.0410. The maximum atomic E-state index is 12.4. The average molecular weight is 369 g/mol. The van der Waals surface area contributed by atoms with Crippen LogP contribution in [0, 0.1) is 0 Å². The molecule has 134 valence electrons. The lowest BCUT2D eigenvalue weighted by Crippen LogP contribution is -2.42. The number of anilines is 2. The van der Waals surface area contributed by atoms with Crippen molar-refractivity contribution in [3.63, 3.8) is 0 Å². The molecule has 10 nitrogen and oxygen atoms in total. The van der Waals surface area contributed by atoms with E-state index in [-0.39, 0.29) is 23.2 Å². The molecular formula is C14H17ClN6O4. The zero-order valence-electron chi connectivity index (χ0n) is 13.7. The molecule has 0 aliphatic heterocycles. The van der Waals surface area contributed by atoms with Gasteiger partial charge in [0.1, 0.15) is 23.2 Å². The Labute approximate surface area is 146 Å². The fourth-order valence-corrected chi connectivity index (χ4v) is 2.33. The van der Waals surface area contributed by atoms with Crippen LogP contribution in [0.4, 0.5) is 11.5 Å². The molecule has 25 heavy (non-hydrogen) atoms. The van der Waals surface area contributed by atoms with E-state index in [1.54, 1.807) is 6.92 Å². The van der Waals surface area contributed by atoms with Gasteiger partial charge in [0.25, 0.3) is 11.1 Å². The first-order valence-corrected chi connectivity index (χ1v) is 7.76. The van der Waals surface area contributed by atoms with Crippen LogP contribution in [0.1, 0.15) is 13.3 Å². The molecule has 0 bridgehead atoms. The minimum atomic E-state index is -0.706. The van der Waals surface area contributed by atoms with Crippen LogP contribution < -0.4 is 27.9 Å². The second-order valence-electron chi connectivity index (χ2n) is 5.26. The van der Waals surface area contributed by atoms with Crippen LogP contribution in [0.3, 0.4) is 0 Å². The molecule has 0 fully saturated rings. The summed E-state index contributed by atoms with van der Waals surface area (Å²) in [5, 5.41) is 6.10. The van der Waals surface area contributed by atoms with E-state index in [1.807, 2.05) is 0 Å². The maximum absolute atomic E-state index is 12.4. The van der Waals surface area contributed by atoms with Crippen LogP contribution in [-0.2, 0) is 24.9 Å². The fourth-order valence-electron chi connectivity index (χ4n) is 2.17. The lowest BCUT2D eigenvalue weighted by Gasteiger charge is -2.14. The summed E-state index contributed by atoms with van der Waals surface area (Å²) in [6, 6.07) is 2.46. The first kappa shape index (κ1) is 18.5. The SMILES string of the molecule is CCCn1c(=O)c(NC(=O)Cn2nc(Cl)ccc2=O)c(N)n(C)c1=O. The standard InChI is InChI=1S/C14H17ClN6O4/c1-3-6-20-13(24)11(12(16)19(2)14(20)25)17-9(22)7-21-10(23)5-4-8(15)18-21/h4-5H,3,6-7,16H2,1-2H3,(H,17,22). The van der Waals surface area contributed by atoms with Gasteiger partial charge in [0.2, 0.25) is 5.91 Å². The normalized spacial score (nSPS) is 10.7.